The highest BCUT2D eigenvalue weighted by Gasteiger charge is 2.44. The molecule has 0 aromatic heterocycles. The van der Waals surface area contributed by atoms with Crippen molar-refractivity contribution in [2.75, 3.05) is 33.4 Å². The Kier molecular flexibility index (Phi) is 4.24. The Balaban J connectivity index is 1.59. The topological polar surface area (TPSA) is 42.5 Å². The summed E-state index contributed by atoms with van der Waals surface area (Å²) in [5, 5.41) is 7.15. The predicted molar refractivity (Wildman–Crippen MR) is 79.0 cm³/mol. The summed E-state index contributed by atoms with van der Waals surface area (Å²) in [6.45, 7) is 4.88. The van der Waals surface area contributed by atoms with Gasteiger partial charge in [0.25, 0.3) is 0 Å². The van der Waals surface area contributed by atoms with Crippen LogP contribution in [0.4, 0.5) is 0 Å². The molecule has 1 atom stereocenters. The van der Waals surface area contributed by atoms with E-state index in [1.807, 2.05) is 12.1 Å². The average Bonchev–Trinajstić information content (AvgIpc) is 2.88. The zero-order valence-corrected chi connectivity index (χ0v) is 12.2. The number of hydrogen-bond acceptors (Lipinski definition) is 4. The molecule has 2 heterocycles. The summed E-state index contributed by atoms with van der Waals surface area (Å²) < 4.78 is 11.0. The van der Waals surface area contributed by atoms with Gasteiger partial charge in [-0.05, 0) is 43.6 Å². The summed E-state index contributed by atoms with van der Waals surface area (Å²) in [4.78, 5) is 0. The smallest absolute Gasteiger partial charge is 0.118 e. The Hall–Kier alpha value is -1.10. The van der Waals surface area contributed by atoms with Crippen molar-refractivity contribution in [2.24, 2.45) is 5.41 Å². The molecule has 0 aliphatic carbocycles. The molecular formula is C16H24N2O2. The third-order valence-electron chi connectivity index (χ3n) is 4.72. The largest absolute Gasteiger partial charge is 0.497 e. The van der Waals surface area contributed by atoms with Crippen LogP contribution >= 0.6 is 0 Å². The minimum Gasteiger partial charge on any atom is -0.497 e. The van der Waals surface area contributed by atoms with Crippen LogP contribution in [0.5, 0.6) is 5.75 Å². The highest BCUT2D eigenvalue weighted by molar-refractivity contribution is 5.27. The number of piperidine rings is 1. The van der Waals surface area contributed by atoms with Crippen molar-refractivity contribution in [1.29, 1.82) is 0 Å². The first kappa shape index (κ1) is 13.9. The maximum absolute atomic E-state index is 5.77. The van der Waals surface area contributed by atoms with Crippen LogP contribution in [0, 0.1) is 5.41 Å². The summed E-state index contributed by atoms with van der Waals surface area (Å²) in [5.41, 5.74) is 1.64. The van der Waals surface area contributed by atoms with Gasteiger partial charge in [-0.15, -0.1) is 0 Å². The summed E-state index contributed by atoms with van der Waals surface area (Å²) in [5.74, 6) is 0.910. The third kappa shape index (κ3) is 2.82. The second-order valence-corrected chi connectivity index (χ2v) is 5.91. The van der Waals surface area contributed by atoms with Gasteiger partial charge in [-0.2, -0.15) is 0 Å². The van der Waals surface area contributed by atoms with Crippen molar-refractivity contribution in [2.45, 2.75) is 25.4 Å². The lowest BCUT2D eigenvalue weighted by atomic mass is 9.75. The molecule has 4 nitrogen and oxygen atoms in total. The van der Waals surface area contributed by atoms with E-state index in [1.165, 1.54) is 18.4 Å². The normalized spacial score (nSPS) is 24.9. The van der Waals surface area contributed by atoms with Gasteiger partial charge in [0.2, 0.25) is 0 Å². The van der Waals surface area contributed by atoms with Crippen LogP contribution in [0.15, 0.2) is 24.3 Å². The highest BCUT2D eigenvalue weighted by atomic mass is 16.5. The molecular weight excluding hydrogens is 252 g/mol. The lowest BCUT2D eigenvalue weighted by Crippen LogP contribution is -2.49. The Morgan fingerprint density at radius 3 is 2.75 bits per heavy atom. The molecule has 20 heavy (non-hydrogen) atoms. The van der Waals surface area contributed by atoms with E-state index in [9.17, 15) is 0 Å². The van der Waals surface area contributed by atoms with E-state index in [2.05, 4.69) is 22.8 Å². The minimum absolute atomic E-state index is 0.345. The molecule has 0 unspecified atom stereocenters. The van der Waals surface area contributed by atoms with Crippen molar-refractivity contribution in [3.8, 4) is 5.75 Å². The van der Waals surface area contributed by atoms with E-state index in [0.29, 0.717) is 11.5 Å². The quantitative estimate of drug-likeness (QED) is 0.876. The molecule has 0 radical (unpaired) electrons. The molecule has 1 aromatic carbocycles. The van der Waals surface area contributed by atoms with Gasteiger partial charge in [0.05, 0.1) is 20.3 Å². The fraction of sp³-hybridized carbons (Fsp3) is 0.625. The molecule has 2 N–H and O–H groups in total. The van der Waals surface area contributed by atoms with Crippen molar-refractivity contribution in [3.63, 3.8) is 0 Å². The number of methoxy groups -OCH3 is 1. The Labute approximate surface area is 120 Å². The summed E-state index contributed by atoms with van der Waals surface area (Å²) >= 11 is 0. The summed E-state index contributed by atoms with van der Waals surface area (Å²) in [7, 11) is 1.70. The minimum atomic E-state index is 0.345. The second-order valence-electron chi connectivity index (χ2n) is 5.91. The monoisotopic (exact) mass is 276 g/mol. The van der Waals surface area contributed by atoms with Crippen LogP contribution in [0.3, 0.4) is 0 Å². The fourth-order valence-corrected chi connectivity index (χ4v) is 3.33. The predicted octanol–water partition coefficient (Wildman–Crippen LogP) is 1.55. The van der Waals surface area contributed by atoms with Crippen molar-refractivity contribution < 1.29 is 9.47 Å². The molecule has 2 aliphatic rings. The zero-order valence-electron chi connectivity index (χ0n) is 12.2. The van der Waals surface area contributed by atoms with Crippen molar-refractivity contribution in [1.82, 2.24) is 10.6 Å². The lowest BCUT2D eigenvalue weighted by Gasteiger charge is -2.38. The van der Waals surface area contributed by atoms with Crippen LogP contribution in [-0.4, -0.2) is 39.5 Å². The van der Waals surface area contributed by atoms with Gasteiger partial charge in [0, 0.05) is 18.0 Å². The molecule has 0 bridgehead atoms. The van der Waals surface area contributed by atoms with Gasteiger partial charge in [-0.1, -0.05) is 12.1 Å². The Bertz CT molecular complexity index is 427. The van der Waals surface area contributed by atoms with Gasteiger partial charge >= 0.3 is 0 Å². The first-order valence-corrected chi connectivity index (χ1v) is 7.47. The van der Waals surface area contributed by atoms with Crippen molar-refractivity contribution in [3.05, 3.63) is 29.8 Å². The zero-order chi connectivity index (χ0) is 13.8. The maximum Gasteiger partial charge on any atom is 0.118 e. The van der Waals surface area contributed by atoms with E-state index in [1.54, 1.807) is 7.11 Å². The van der Waals surface area contributed by atoms with E-state index >= 15 is 0 Å². The molecule has 3 rings (SSSR count). The number of rotatable bonds is 4. The van der Waals surface area contributed by atoms with Gasteiger partial charge < -0.3 is 20.1 Å². The number of nitrogens with one attached hydrogen (secondary N) is 2. The molecule has 110 valence electrons. The Morgan fingerprint density at radius 2 is 2.05 bits per heavy atom. The number of benzene rings is 1. The highest BCUT2D eigenvalue weighted by Crippen LogP contribution is 2.37. The fourth-order valence-electron chi connectivity index (χ4n) is 3.33. The van der Waals surface area contributed by atoms with Crippen LogP contribution < -0.4 is 15.4 Å². The molecule has 2 fully saturated rings. The molecule has 0 amide bonds. The van der Waals surface area contributed by atoms with Crippen LogP contribution in [0.1, 0.15) is 18.4 Å². The van der Waals surface area contributed by atoms with E-state index in [0.717, 1.165) is 38.6 Å². The SMILES string of the molecule is COc1ccc(CN[C@@H]2COCC23CCNCC3)cc1. The van der Waals surface area contributed by atoms with Gasteiger partial charge in [0.15, 0.2) is 0 Å². The van der Waals surface area contributed by atoms with Crippen molar-refractivity contribution >= 4 is 0 Å². The molecule has 0 saturated carbocycles. The van der Waals surface area contributed by atoms with Crippen LogP contribution in [-0.2, 0) is 11.3 Å². The van der Waals surface area contributed by atoms with E-state index in [-0.39, 0.29) is 0 Å². The maximum atomic E-state index is 5.77. The first-order valence-electron chi connectivity index (χ1n) is 7.47. The molecule has 2 aliphatic heterocycles. The van der Waals surface area contributed by atoms with E-state index < -0.39 is 0 Å². The number of ether oxygens (including phenoxy) is 2. The van der Waals surface area contributed by atoms with Gasteiger partial charge in [-0.3, -0.25) is 0 Å². The third-order valence-corrected chi connectivity index (χ3v) is 4.72. The van der Waals surface area contributed by atoms with Crippen LogP contribution in [0.25, 0.3) is 0 Å². The molecule has 4 heteroatoms. The first-order chi connectivity index (χ1) is 9.82. The average molecular weight is 276 g/mol. The van der Waals surface area contributed by atoms with Gasteiger partial charge in [-0.25, -0.2) is 0 Å². The molecule has 2 saturated heterocycles. The molecule has 1 spiro atoms. The molecule has 1 aromatic rings. The number of hydrogen-bond donors (Lipinski definition) is 2. The van der Waals surface area contributed by atoms with Gasteiger partial charge in [0.1, 0.15) is 5.75 Å². The summed E-state index contributed by atoms with van der Waals surface area (Å²) in [6.07, 6.45) is 2.43. The lowest BCUT2D eigenvalue weighted by molar-refractivity contribution is 0.123. The Morgan fingerprint density at radius 1 is 1.30 bits per heavy atom. The standard InChI is InChI=1S/C16H24N2O2/c1-19-14-4-2-13(3-5-14)10-18-15-11-20-12-16(15)6-8-17-9-7-16/h2-5,15,17-18H,6-12H2,1H3/t15-/m1/s1. The van der Waals surface area contributed by atoms with E-state index in [4.69, 9.17) is 9.47 Å². The van der Waals surface area contributed by atoms with Crippen LogP contribution in [0.2, 0.25) is 0 Å². The summed E-state index contributed by atoms with van der Waals surface area (Å²) in [6, 6.07) is 8.75. The second kappa shape index (κ2) is 6.12.